The number of para-hydroxylation sites is 1. The first-order chi connectivity index (χ1) is 14.6. The van der Waals surface area contributed by atoms with Gasteiger partial charge in [0.15, 0.2) is 0 Å². The van der Waals surface area contributed by atoms with Crippen LogP contribution in [0.3, 0.4) is 0 Å². The van der Waals surface area contributed by atoms with E-state index >= 15 is 0 Å². The van der Waals surface area contributed by atoms with Crippen LogP contribution in [-0.4, -0.2) is 51.8 Å². The topological polar surface area (TPSA) is 60.0 Å². The first-order valence-electron chi connectivity index (χ1n) is 10.5. The number of carbonyl (C=O) groups is 1. The summed E-state index contributed by atoms with van der Waals surface area (Å²) in [6, 6.07) is 13.9. The van der Waals surface area contributed by atoms with Crippen molar-refractivity contribution < 1.29 is 19.0 Å². The lowest BCUT2D eigenvalue weighted by Crippen LogP contribution is -2.37. The second kappa shape index (κ2) is 10.9. The number of carbonyl (C=O) groups excluding carboxylic acids is 1. The summed E-state index contributed by atoms with van der Waals surface area (Å²) in [5, 5.41) is 3.14. The molecule has 162 valence electrons. The fourth-order valence-electron chi connectivity index (χ4n) is 4.00. The van der Waals surface area contributed by atoms with E-state index in [1.54, 1.807) is 21.3 Å². The lowest BCUT2D eigenvalue weighted by atomic mass is 10.0. The van der Waals surface area contributed by atoms with Crippen LogP contribution in [0.4, 0.5) is 0 Å². The van der Waals surface area contributed by atoms with E-state index in [1.807, 2.05) is 36.4 Å². The summed E-state index contributed by atoms with van der Waals surface area (Å²) in [6.45, 7) is 2.66. The Bertz CT molecular complexity index is 811. The van der Waals surface area contributed by atoms with Crippen LogP contribution < -0.4 is 19.5 Å². The Labute approximate surface area is 179 Å². The van der Waals surface area contributed by atoms with E-state index in [4.69, 9.17) is 14.2 Å². The minimum atomic E-state index is 0.0379. The third-order valence-electron chi connectivity index (χ3n) is 5.62. The van der Waals surface area contributed by atoms with E-state index < -0.39 is 0 Å². The molecule has 1 amide bonds. The van der Waals surface area contributed by atoms with Gasteiger partial charge in [-0.1, -0.05) is 18.2 Å². The zero-order valence-corrected chi connectivity index (χ0v) is 18.1. The smallest absolute Gasteiger partial charge is 0.220 e. The molecule has 0 aliphatic carbocycles. The SMILES string of the molecule is COc1cc(CCC(=O)NC[C@@H](c2ccccc2OC)N2CCCC2)cc(OC)c1. The summed E-state index contributed by atoms with van der Waals surface area (Å²) in [5.74, 6) is 2.37. The Morgan fingerprint density at radius 1 is 1.00 bits per heavy atom. The molecule has 1 fully saturated rings. The number of benzene rings is 2. The maximum absolute atomic E-state index is 12.6. The molecule has 0 radical (unpaired) electrons. The molecule has 1 atom stereocenters. The molecule has 0 saturated carbocycles. The van der Waals surface area contributed by atoms with Crippen molar-refractivity contribution in [2.24, 2.45) is 0 Å². The van der Waals surface area contributed by atoms with Crippen molar-refractivity contribution in [1.29, 1.82) is 0 Å². The molecule has 6 nitrogen and oxygen atoms in total. The minimum Gasteiger partial charge on any atom is -0.497 e. The van der Waals surface area contributed by atoms with Crippen LogP contribution in [0.15, 0.2) is 42.5 Å². The number of hydrogen-bond donors (Lipinski definition) is 1. The quantitative estimate of drug-likeness (QED) is 0.646. The van der Waals surface area contributed by atoms with Crippen LogP contribution in [0, 0.1) is 0 Å². The number of nitrogens with zero attached hydrogens (tertiary/aromatic N) is 1. The van der Waals surface area contributed by atoms with E-state index in [2.05, 4.69) is 16.3 Å². The maximum Gasteiger partial charge on any atom is 0.220 e. The maximum atomic E-state index is 12.6. The van der Waals surface area contributed by atoms with E-state index in [-0.39, 0.29) is 11.9 Å². The van der Waals surface area contributed by atoms with Crippen LogP contribution >= 0.6 is 0 Å². The standard InChI is InChI=1S/C24H32N2O4/c1-28-19-14-18(15-20(16-19)29-2)10-11-24(27)25-17-22(26-12-6-7-13-26)21-8-4-5-9-23(21)30-3/h4-5,8-9,14-16,22H,6-7,10-13,17H2,1-3H3,(H,25,27)/t22-/m0/s1. The van der Waals surface area contributed by atoms with Crippen molar-refractivity contribution in [3.8, 4) is 17.2 Å². The number of amides is 1. The molecule has 2 aromatic rings. The van der Waals surface area contributed by atoms with Crippen LogP contribution in [0.1, 0.15) is 36.4 Å². The Kier molecular flexibility index (Phi) is 7.97. The molecule has 1 N–H and O–H groups in total. The van der Waals surface area contributed by atoms with Crippen molar-refractivity contribution in [3.05, 3.63) is 53.6 Å². The fraction of sp³-hybridized carbons (Fsp3) is 0.458. The number of rotatable bonds is 10. The summed E-state index contributed by atoms with van der Waals surface area (Å²) in [5.41, 5.74) is 2.14. The lowest BCUT2D eigenvalue weighted by molar-refractivity contribution is -0.121. The zero-order chi connectivity index (χ0) is 21.3. The molecule has 1 heterocycles. The van der Waals surface area contributed by atoms with Crippen molar-refractivity contribution in [3.63, 3.8) is 0 Å². The molecular formula is C24H32N2O4. The summed E-state index contributed by atoms with van der Waals surface area (Å²) in [7, 11) is 4.95. The van der Waals surface area contributed by atoms with Gasteiger partial charge in [0.2, 0.25) is 5.91 Å². The first kappa shape index (κ1) is 22.0. The molecule has 0 aromatic heterocycles. The number of methoxy groups -OCH3 is 3. The highest BCUT2D eigenvalue weighted by molar-refractivity contribution is 5.76. The molecule has 3 rings (SSSR count). The Balaban J connectivity index is 1.62. The van der Waals surface area contributed by atoms with Crippen LogP contribution in [0.2, 0.25) is 0 Å². The van der Waals surface area contributed by atoms with Gasteiger partial charge in [0.1, 0.15) is 17.2 Å². The van der Waals surface area contributed by atoms with Gasteiger partial charge in [-0.05, 0) is 56.1 Å². The predicted molar refractivity (Wildman–Crippen MR) is 117 cm³/mol. The van der Waals surface area contributed by atoms with Crippen molar-refractivity contribution in [2.75, 3.05) is 41.0 Å². The summed E-state index contributed by atoms with van der Waals surface area (Å²) >= 11 is 0. The van der Waals surface area contributed by atoms with Gasteiger partial charge in [-0.2, -0.15) is 0 Å². The van der Waals surface area contributed by atoms with Crippen LogP contribution in [-0.2, 0) is 11.2 Å². The van der Waals surface area contributed by atoms with Gasteiger partial charge in [0.25, 0.3) is 0 Å². The summed E-state index contributed by atoms with van der Waals surface area (Å²) in [6.07, 6.45) is 3.42. The average Bonchev–Trinajstić information content (AvgIpc) is 3.32. The number of ether oxygens (including phenoxy) is 3. The van der Waals surface area contributed by atoms with E-state index in [9.17, 15) is 4.79 Å². The number of likely N-dealkylation sites (tertiary alicyclic amines) is 1. The molecule has 30 heavy (non-hydrogen) atoms. The molecular weight excluding hydrogens is 380 g/mol. The van der Waals surface area contributed by atoms with Gasteiger partial charge in [0.05, 0.1) is 27.4 Å². The van der Waals surface area contributed by atoms with Gasteiger partial charge >= 0.3 is 0 Å². The van der Waals surface area contributed by atoms with E-state index in [0.717, 1.165) is 41.5 Å². The number of hydrogen-bond acceptors (Lipinski definition) is 5. The minimum absolute atomic E-state index is 0.0379. The molecule has 2 aromatic carbocycles. The number of aryl methyl sites for hydroxylation is 1. The molecule has 1 aliphatic heterocycles. The molecule has 6 heteroatoms. The summed E-state index contributed by atoms with van der Waals surface area (Å²) in [4.78, 5) is 15.0. The molecule has 1 aliphatic rings. The molecule has 0 unspecified atom stereocenters. The van der Waals surface area contributed by atoms with Crippen molar-refractivity contribution in [2.45, 2.75) is 31.7 Å². The van der Waals surface area contributed by atoms with Crippen molar-refractivity contribution in [1.82, 2.24) is 10.2 Å². The second-order valence-corrected chi connectivity index (χ2v) is 7.53. The molecule has 0 spiro atoms. The monoisotopic (exact) mass is 412 g/mol. The highest BCUT2D eigenvalue weighted by Crippen LogP contribution is 2.31. The van der Waals surface area contributed by atoms with E-state index in [0.29, 0.717) is 19.4 Å². The normalized spacial score (nSPS) is 14.9. The third-order valence-corrected chi connectivity index (χ3v) is 5.62. The Morgan fingerprint density at radius 3 is 2.30 bits per heavy atom. The van der Waals surface area contributed by atoms with Crippen LogP contribution in [0.25, 0.3) is 0 Å². The summed E-state index contributed by atoms with van der Waals surface area (Å²) < 4.78 is 16.2. The largest absolute Gasteiger partial charge is 0.497 e. The highest BCUT2D eigenvalue weighted by atomic mass is 16.5. The zero-order valence-electron chi connectivity index (χ0n) is 18.1. The lowest BCUT2D eigenvalue weighted by Gasteiger charge is -2.29. The molecule has 0 bridgehead atoms. The Hall–Kier alpha value is -2.73. The van der Waals surface area contributed by atoms with Crippen molar-refractivity contribution >= 4 is 5.91 Å². The highest BCUT2D eigenvalue weighted by Gasteiger charge is 2.26. The van der Waals surface area contributed by atoms with Gasteiger partial charge in [-0.15, -0.1) is 0 Å². The van der Waals surface area contributed by atoms with Gasteiger partial charge < -0.3 is 19.5 Å². The Morgan fingerprint density at radius 2 is 1.67 bits per heavy atom. The van der Waals surface area contributed by atoms with E-state index in [1.165, 1.54) is 12.8 Å². The van der Waals surface area contributed by atoms with Crippen LogP contribution in [0.5, 0.6) is 17.2 Å². The van der Waals surface area contributed by atoms with Gasteiger partial charge in [-0.3, -0.25) is 9.69 Å². The predicted octanol–water partition coefficient (Wildman–Crippen LogP) is 3.60. The molecule has 1 saturated heterocycles. The van der Waals surface area contributed by atoms with Gasteiger partial charge in [0, 0.05) is 24.6 Å². The third kappa shape index (κ3) is 5.66. The average molecular weight is 413 g/mol. The van der Waals surface area contributed by atoms with Gasteiger partial charge in [-0.25, -0.2) is 0 Å². The number of nitrogens with one attached hydrogen (secondary N) is 1. The fourth-order valence-corrected chi connectivity index (χ4v) is 4.00. The first-order valence-corrected chi connectivity index (χ1v) is 10.5. The second-order valence-electron chi connectivity index (χ2n) is 7.53.